The lowest BCUT2D eigenvalue weighted by Gasteiger charge is -2.06. The van der Waals surface area contributed by atoms with Gasteiger partial charge in [-0.2, -0.15) is 0 Å². The van der Waals surface area contributed by atoms with Crippen LogP contribution in [0.2, 0.25) is 0 Å². The molecule has 0 radical (unpaired) electrons. The number of aryl methyl sites for hydroxylation is 1. The van der Waals surface area contributed by atoms with Gasteiger partial charge in [-0.15, -0.1) is 11.8 Å². The number of amides is 1. The Morgan fingerprint density at radius 1 is 1.39 bits per heavy atom. The van der Waals surface area contributed by atoms with Crippen LogP contribution in [0.15, 0.2) is 18.2 Å². The first-order chi connectivity index (χ1) is 8.49. The molecule has 18 heavy (non-hydrogen) atoms. The molecule has 1 aromatic carbocycles. The molecule has 0 aliphatic rings. The summed E-state index contributed by atoms with van der Waals surface area (Å²) in [5.74, 6) is -1.44. The number of aliphatic carboxylic acids is 1. The molecule has 0 spiro atoms. The Bertz CT molecular complexity index is 451. The topological polar surface area (TPSA) is 66.4 Å². The van der Waals surface area contributed by atoms with Crippen molar-refractivity contribution in [2.24, 2.45) is 0 Å². The summed E-state index contributed by atoms with van der Waals surface area (Å²) >= 11 is 1.04. The van der Waals surface area contributed by atoms with Gasteiger partial charge in [-0.1, -0.05) is 12.1 Å². The van der Waals surface area contributed by atoms with Crippen LogP contribution in [0.4, 0.5) is 4.39 Å². The normalized spacial score (nSPS) is 10.1. The monoisotopic (exact) mass is 271 g/mol. The fraction of sp³-hybridized carbons (Fsp3) is 0.333. The summed E-state index contributed by atoms with van der Waals surface area (Å²) in [6, 6.07) is 4.63. The van der Waals surface area contributed by atoms with E-state index >= 15 is 0 Å². The van der Waals surface area contributed by atoms with Crippen molar-refractivity contribution in [3.63, 3.8) is 0 Å². The molecule has 2 N–H and O–H groups in total. The first kappa shape index (κ1) is 14.5. The molecule has 0 unspecified atom stereocenters. The molecule has 4 nitrogen and oxygen atoms in total. The van der Waals surface area contributed by atoms with E-state index in [1.165, 1.54) is 6.07 Å². The molecule has 1 amide bonds. The highest BCUT2D eigenvalue weighted by atomic mass is 32.2. The largest absolute Gasteiger partial charge is 0.481 e. The standard InChI is InChI=1S/C12H14FNO3S/c1-8-4-9(2-3-10(8)13)5-14-11(15)6-18-7-12(16)17/h2-4H,5-7H2,1H3,(H,14,15)(H,16,17). The van der Waals surface area contributed by atoms with E-state index in [1.807, 2.05) is 0 Å². The number of carbonyl (C=O) groups excluding carboxylic acids is 1. The second-order valence-electron chi connectivity index (χ2n) is 3.75. The molecule has 0 atom stereocenters. The number of rotatable bonds is 6. The van der Waals surface area contributed by atoms with Gasteiger partial charge in [0.1, 0.15) is 5.82 Å². The predicted molar refractivity (Wildman–Crippen MR) is 67.9 cm³/mol. The Hall–Kier alpha value is -1.56. The van der Waals surface area contributed by atoms with Crippen molar-refractivity contribution < 1.29 is 19.1 Å². The summed E-state index contributed by atoms with van der Waals surface area (Å²) in [6.07, 6.45) is 0. The van der Waals surface area contributed by atoms with Gasteiger partial charge >= 0.3 is 5.97 Å². The first-order valence-electron chi connectivity index (χ1n) is 5.30. The summed E-state index contributed by atoms with van der Waals surface area (Å²) < 4.78 is 13.0. The fourth-order valence-electron chi connectivity index (χ4n) is 1.30. The number of nitrogens with one attached hydrogen (secondary N) is 1. The molecule has 0 saturated heterocycles. The lowest BCUT2D eigenvalue weighted by Crippen LogP contribution is -2.25. The van der Waals surface area contributed by atoms with Crippen LogP contribution >= 0.6 is 11.8 Å². The highest BCUT2D eigenvalue weighted by molar-refractivity contribution is 8.00. The van der Waals surface area contributed by atoms with Crippen LogP contribution in [0.3, 0.4) is 0 Å². The first-order valence-corrected chi connectivity index (χ1v) is 6.46. The molecule has 0 aromatic heterocycles. The lowest BCUT2D eigenvalue weighted by atomic mass is 10.1. The average molecular weight is 271 g/mol. The highest BCUT2D eigenvalue weighted by Gasteiger charge is 2.05. The number of halogens is 1. The molecule has 98 valence electrons. The van der Waals surface area contributed by atoms with Gasteiger partial charge in [0, 0.05) is 6.54 Å². The van der Waals surface area contributed by atoms with Crippen molar-refractivity contribution in [3.05, 3.63) is 35.1 Å². The molecule has 0 heterocycles. The average Bonchev–Trinajstić information content (AvgIpc) is 2.30. The van der Waals surface area contributed by atoms with Crippen LogP contribution in [0, 0.1) is 12.7 Å². The molecule has 1 rings (SSSR count). The minimum atomic E-state index is -0.943. The predicted octanol–water partition coefficient (Wildman–Crippen LogP) is 1.57. The Morgan fingerprint density at radius 2 is 2.11 bits per heavy atom. The van der Waals surface area contributed by atoms with Crippen LogP contribution in [0.1, 0.15) is 11.1 Å². The van der Waals surface area contributed by atoms with Gasteiger partial charge in [0.05, 0.1) is 11.5 Å². The summed E-state index contributed by atoms with van der Waals surface area (Å²) in [5, 5.41) is 11.0. The van der Waals surface area contributed by atoms with Gasteiger partial charge in [0.25, 0.3) is 0 Å². The van der Waals surface area contributed by atoms with E-state index in [2.05, 4.69) is 5.32 Å². The quantitative estimate of drug-likeness (QED) is 0.824. The molecular weight excluding hydrogens is 257 g/mol. The SMILES string of the molecule is Cc1cc(CNC(=O)CSCC(=O)O)ccc1F. The van der Waals surface area contributed by atoms with Crippen molar-refractivity contribution in [1.29, 1.82) is 0 Å². The van der Waals surface area contributed by atoms with Crippen molar-refractivity contribution in [2.75, 3.05) is 11.5 Å². The maximum Gasteiger partial charge on any atom is 0.313 e. The molecule has 6 heteroatoms. The maximum absolute atomic E-state index is 13.0. The van der Waals surface area contributed by atoms with Crippen molar-refractivity contribution in [2.45, 2.75) is 13.5 Å². The van der Waals surface area contributed by atoms with E-state index in [0.29, 0.717) is 12.1 Å². The van der Waals surface area contributed by atoms with Gasteiger partial charge in [-0.05, 0) is 24.1 Å². The third-order valence-corrected chi connectivity index (χ3v) is 3.09. The van der Waals surface area contributed by atoms with Crippen molar-refractivity contribution in [3.8, 4) is 0 Å². The summed E-state index contributed by atoms with van der Waals surface area (Å²) in [5.41, 5.74) is 1.34. The molecule has 0 saturated carbocycles. The van der Waals surface area contributed by atoms with E-state index < -0.39 is 5.97 Å². The zero-order valence-electron chi connectivity index (χ0n) is 9.90. The van der Waals surface area contributed by atoms with E-state index in [9.17, 15) is 14.0 Å². The Morgan fingerprint density at radius 3 is 2.72 bits per heavy atom. The number of hydrogen-bond acceptors (Lipinski definition) is 3. The van der Waals surface area contributed by atoms with Gasteiger partial charge in [0.2, 0.25) is 5.91 Å². The van der Waals surface area contributed by atoms with Crippen molar-refractivity contribution >= 4 is 23.6 Å². The maximum atomic E-state index is 13.0. The van der Waals surface area contributed by atoms with Gasteiger partial charge < -0.3 is 10.4 Å². The van der Waals surface area contributed by atoms with Crippen molar-refractivity contribution in [1.82, 2.24) is 5.32 Å². The molecule has 0 bridgehead atoms. The molecule has 1 aromatic rings. The third-order valence-electron chi connectivity index (χ3n) is 2.17. The molecular formula is C12H14FNO3S. The fourth-order valence-corrected chi connectivity index (χ4v) is 1.86. The number of carboxylic acid groups (broad SMARTS) is 1. The van der Waals surface area contributed by atoms with Gasteiger partial charge in [-0.25, -0.2) is 4.39 Å². The molecule has 0 aliphatic carbocycles. The van der Waals surface area contributed by atoms with Gasteiger partial charge in [0.15, 0.2) is 0 Å². The third kappa shape index (κ3) is 5.18. The van der Waals surface area contributed by atoms with Crippen LogP contribution in [-0.2, 0) is 16.1 Å². The number of carboxylic acids is 1. The van der Waals surface area contributed by atoms with Crippen LogP contribution < -0.4 is 5.32 Å². The summed E-state index contributed by atoms with van der Waals surface area (Å²) in [4.78, 5) is 21.6. The minimum absolute atomic E-state index is 0.0942. The summed E-state index contributed by atoms with van der Waals surface area (Å²) in [6.45, 7) is 1.97. The number of hydrogen-bond donors (Lipinski definition) is 2. The zero-order valence-corrected chi connectivity index (χ0v) is 10.7. The summed E-state index contributed by atoms with van der Waals surface area (Å²) in [7, 11) is 0. The second kappa shape index (κ2) is 7.00. The van der Waals surface area contributed by atoms with Crippen LogP contribution in [0.25, 0.3) is 0 Å². The number of thioether (sulfide) groups is 1. The Balaban J connectivity index is 2.33. The van der Waals surface area contributed by atoms with E-state index in [0.717, 1.165) is 17.3 Å². The Kier molecular flexibility index (Phi) is 5.64. The molecule has 0 fully saturated rings. The minimum Gasteiger partial charge on any atom is -0.481 e. The van der Waals surface area contributed by atoms with Crippen LogP contribution in [0.5, 0.6) is 0 Å². The number of carbonyl (C=O) groups is 2. The van der Waals surface area contributed by atoms with E-state index in [1.54, 1.807) is 19.1 Å². The smallest absolute Gasteiger partial charge is 0.313 e. The number of benzene rings is 1. The lowest BCUT2D eigenvalue weighted by molar-refractivity contribution is -0.133. The van der Waals surface area contributed by atoms with Crippen LogP contribution in [-0.4, -0.2) is 28.5 Å². The molecule has 0 aliphatic heterocycles. The van der Waals surface area contributed by atoms with E-state index in [-0.39, 0.29) is 23.2 Å². The zero-order chi connectivity index (χ0) is 13.5. The van der Waals surface area contributed by atoms with E-state index in [4.69, 9.17) is 5.11 Å². The Labute approximate surface area is 109 Å². The highest BCUT2D eigenvalue weighted by Crippen LogP contribution is 2.09. The second-order valence-corrected chi connectivity index (χ2v) is 4.73. The van der Waals surface area contributed by atoms with Gasteiger partial charge in [-0.3, -0.25) is 9.59 Å².